The molecule has 0 fully saturated rings. The Bertz CT molecular complexity index is 972. The Balaban J connectivity index is 1.71. The van der Waals surface area contributed by atoms with Gasteiger partial charge in [0, 0.05) is 17.8 Å². The van der Waals surface area contributed by atoms with E-state index in [1.165, 1.54) is 17.3 Å². The number of amides is 1. The average Bonchev–Trinajstić information content (AvgIpc) is 3.12. The molecule has 0 bridgehead atoms. The highest BCUT2D eigenvalue weighted by molar-refractivity contribution is 7.99. The fourth-order valence-electron chi connectivity index (χ4n) is 3.23. The number of para-hydroxylation sites is 1. The first-order valence-electron chi connectivity index (χ1n) is 9.93. The summed E-state index contributed by atoms with van der Waals surface area (Å²) in [4.78, 5) is 12.5. The Morgan fingerprint density at radius 1 is 1.07 bits per heavy atom. The second-order valence-electron chi connectivity index (χ2n) is 7.43. The van der Waals surface area contributed by atoms with Gasteiger partial charge < -0.3 is 9.88 Å². The molecule has 1 amide bonds. The number of aryl methyl sites for hydroxylation is 2. The minimum atomic E-state index is -0.0408. The van der Waals surface area contributed by atoms with Crippen molar-refractivity contribution in [3.8, 4) is 11.4 Å². The first kappa shape index (κ1) is 21.1. The summed E-state index contributed by atoms with van der Waals surface area (Å²) in [6, 6.07) is 14.5. The van der Waals surface area contributed by atoms with Crippen LogP contribution in [0.15, 0.2) is 47.6 Å². The lowest BCUT2D eigenvalue weighted by atomic mass is 10.0. The van der Waals surface area contributed by atoms with Crippen LogP contribution in [0.4, 0.5) is 5.69 Å². The maximum absolute atomic E-state index is 12.5. The molecule has 0 aliphatic heterocycles. The number of carbonyl (C=O) groups is 1. The van der Waals surface area contributed by atoms with Gasteiger partial charge in [-0.1, -0.05) is 68.1 Å². The SMILES string of the molecule is CCn1c(SCC(=O)Nc2c(C)cccc2C)nnc1-c1ccc(C(C)C)cc1. The molecular formula is C23H28N4OS. The number of rotatable bonds is 7. The predicted molar refractivity (Wildman–Crippen MR) is 120 cm³/mol. The fraction of sp³-hybridized carbons (Fsp3) is 0.348. The fourth-order valence-corrected chi connectivity index (χ4v) is 4.03. The zero-order valence-electron chi connectivity index (χ0n) is 17.7. The molecule has 0 aliphatic carbocycles. The monoisotopic (exact) mass is 408 g/mol. The minimum absolute atomic E-state index is 0.0408. The summed E-state index contributed by atoms with van der Waals surface area (Å²) in [6.07, 6.45) is 0. The average molecular weight is 409 g/mol. The maximum Gasteiger partial charge on any atom is 0.234 e. The van der Waals surface area contributed by atoms with Crippen molar-refractivity contribution in [1.29, 1.82) is 0 Å². The van der Waals surface area contributed by atoms with E-state index in [-0.39, 0.29) is 11.7 Å². The summed E-state index contributed by atoms with van der Waals surface area (Å²) in [7, 11) is 0. The Labute approximate surface area is 176 Å². The van der Waals surface area contributed by atoms with Crippen LogP contribution in [0.2, 0.25) is 0 Å². The van der Waals surface area contributed by atoms with E-state index in [2.05, 4.69) is 65.1 Å². The number of hydrogen-bond acceptors (Lipinski definition) is 4. The first-order valence-corrected chi connectivity index (χ1v) is 10.9. The minimum Gasteiger partial charge on any atom is -0.325 e. The van der Waals surface area contributed by atoms with E-state index in [1.54, 1.807) is 0 Å². The van der Waals surface area contributed by atoms with Crippen molar-refractivity contribution in [3.63, 3.8) is 0 Å². The van der Waals surface area contributed by atoms with Crippen LogP contribution in [-0.4, -0.2) is 26.4 Å². The van der Waals surface area contributed by atoms with Crippen LogP contribution in [0.5, 0.6) is 0 Å². The van der Waals surface area contributed by atoms with Crippen molar-refractivity contribution < 1.29 is 4.79 Å². The van der Waals surface area contributed by atoms with Crippen LogP contribution in [0.3, 0.4) is 0 Å². The smallest absolute Gasteiger partial charge is 0.234 e. The van der Waals surface area contributed by atoms with Crippen molar-refractivity contribution in [2.45, 2.75) is 52.2 Å². The molecule has 5 nitrogen and oxygen atoms in total. The third-order valence-corrected chi connectivity index (χ3v) is 5.91. The number of nitrogens with zero attached hydrogens (tertiary/aromatic N) is 3. The van der Waals surface area contributed by atoms with Gasteiger partial charge in [-0.2, -0.15) is 0 Å². The highest BCUT2D eigenvalue weighted by Crippen LogP contribution is 2.26. The first-order chi connectivity index (χ1) is 13.9. The number of hydrogen-bond donors (Lipinski definition) is 1. The van der Waals surface area contributed by atoms with Gasteiger partial charge in [-0.15, -0.1) is 10.2 Å². The van der Waals surface area contributed by atoms with Crippen LogP contribution in [0, 0.1) is 13.8 Å². The van der Waals surface area contributed by atoms with E-state index in [0.717, 1.165) is 39.9 Å². The number of aromatic nitrogens is 3. The molecular weight excluding hydrogens is 380 g/mol. The van der Waals surface area contributed by atoms with Crippen molar-refractivity contribution in [1.82, 2.24) is 14.8 Å². The molecule has 3 aromatic rings. The number of carbonyl (C=O) groups excluding carboxylic acids is 1. The number of thioether (sulfide) groups is 1. The molecule has 29 heavy (non-hydrogen) atoms. The Kier molecular flexibility index (Phi) is 6.75. The standard InChI is InChI=1S/C23H28N4OS/c1-6-27-22(19-12-10-18(11-13-19)15(2)3)25-26-23(27)29-14-20(28)24-21-16(4)8-7-9-17(21)5/h7-13,15H,6,14H2,1-5H3,(H,24,28). The van der Waals surface area contributed by atoms with E-state index < -0.39 is 0 Å². The topological polar surface area (TPSA) is 59.8 Å². The third-order valence-electron chi connectivity index (χ3n) is 4.95. The van der Waals surface area contributed by atoms with E-state index in [0.29, 0.717) is 5.92 Å². The van der Waals surface area contributed by atoms with Gasteiger partial charge in [-0.05, 0) is 43.4 Å². The molecule has 0 aliphatic rings. The van der Waals surface area contributed by atoms with Crippen molar-refractivity contribution in [2.24, 2.45) is 0 Å². The highest BCUT2D eigenvalue weighted by Gasteiger charge is 2.15. The summed E-state index contributed by atoms with van der Waals surface area (Å²) in [6.45, 7) is 11.2. The molecule has 0 spiro atoms. The molecule has 0 atom stereocenters. The molecule has 2 aromatic carbocycles. The van der Waals surface area contributed by atoms with Gasteiger partial charge in [0.1, 0.15) is 0 Å². The van der Waals surface area contributed by atoms with Crippen LogP contribution in [-0.2, 0) is 11.3 Å². The zero-order chi connectivity index (χ0) is 21.0. The van der Waals surface area contributed by atoms with Crippen LogP contribution >= 0.6 is 11.8 Å². The maximum atomic E-state index is 12.5. The Morgan fingerprint density at radius 3 is 2.31 bits per heavy atom. The predicted octanol–water partition coefficient (Wildman–Crippen LogP) is 5.44. The number of anilines is 1. The largest absolute Gasteiger partial charge is 0.325 e. The molecule has 1 heterocycles. The van der Waals surface area contributed by atoms with Crippen LogP contribution < -0.4 is 5.32 Å². The van der Waals surface area contributed by atoms with Gasteiger partial charge in [0.2, 0.25) is 5.91 Å². The molecule has 0 unspecified atom stereocenters. The normalized spacial score (nSPS) is 11.1. The Hall–Kier alpha value is -2.60. The lowest BCUT2D eigenvalue weighted by Crippen LogP contribution is -2.16. The highest BCUT2D eigenvalue weighted by atomic mass is 32.2. The van der Waals surface area contributed by atoms with Gasteiger partial charge in [0.15, 0.2) is 11.0 Å². The van der Waals surface area contributed by atoms with Crippen molar-refractivity contribution >= 4 is 23.4 Å². The van der Waals surface area contributed by atoms with Crippen molar-refractivity contribution in [2.75, 3.05) is 11.1 Å². The van der Waals surface area contributed by atoms with Gasteiger partial charge in [0.05, 0.1) is 5.75 Å². The van der Waals surface area contributed by atoms with Crippen LogP contribution in [0.1, 0.15) is 43.4 Å². The van der Waals surface area contributed by atoms with E-state index in [4.69, 9.17) is 0 Å². The summed E-state index contributed by atoms with van der Waals surface area (Å²) in [5.74, 6) is 1.58. The molecule has 1 aromatic heterocycles. The summed E-state index contributed by atoms with van der Waals surface area (Å²) in [5, 5.41) is 12.5. The summed E-state index contributed by atoms with van der Waals surface area (Å²) in [5.41, 5.74) is 5.35. The van der Waals surface area contributed by atoms with E-state index >= 15 is 0 Å². The molecule has 3 rings (SSSR count). The molecule has 1 N–H and O–H groups in total. The molecule has 152 valence electrons. The quantitative estimate of drug-likeness (QED) is 0.529. The van der Waals surface area contributed by atoms with Gasteiger partial charge in [-0.3, -0.25) is 4.79 Å². The lowest BCUT2D eigenvalue weighted by molar-refractivity contribution is -0.113. The van der Waals surface area contributed by atoms with E-state index in [9.17, 15) is 4.79 Å². The third kappa shape index (κ3) is 4.88. The summed E-state index contributed by atoms with van der Waals surface area (Å²) >= 11 is 1.41. The van der Waals surface area contributed by atoms with Gasteiger partial charge in [0.25, 0.3) is 0 Å². The van der Waals surface area contributed by atoms with E-state index in [1.807, 2.05) is 32.0 Å². The van der Waals surface area contributed by atoms with Crippen molar-refractivity contribution in [3.05, 3.63) is 59.2 Å². The van der Waals surface area contributed by atoms with Gasteiger partial charge in [-0.25, -0.2) is 0 Å². The molecule has 0 saturated carbocycles. The molecule has 0 radical (unpaired) electrons. The lowest BCUT2D eigenvalue weighted by Gasteiger charge is -2.11. The number of benzene rings is 2. The summed E-state index contributed by atoms with van der Waals surface area (Å²) < 4.78 is 2.06. The zero-order valence-corrected chi connectivity index (χ0v) is 18.5. The second-order valence-corrected chi connectivity index (χ2v) is 8.37. The number of nitrogens with one attached hydrogen (secondary N) is 1. The second kappa shape index (κ2) is 9.27. The molecule has 6 heteroatoms. The van der Waals surface area contributed by atoms with Gasteiger partial charge >= 0.3 is 0 Å². The Morgan fingerprint density at radius 2 is 1.72 bits per heavy atom. The molecule has 0 saturated heterocycles. The van der Waals surface area contributed by atoms with Crippen LogP contribution in [0.25, 0.3) is 11.4 Å².